The van der Waals surface area contributed by atoms with E-state index in [1.807, 2.05) is 0 Å². The molecule has 0 saturated carbocycles. The summed E-state index contributed by atoms with van der Waals surface area (Å²) in [6.45, 7) is 4.00. The van der Waals surface area contributed by atoms with Crippen molar-refractivity contribution >= 4 is 29.6 Å². The second-order valence-electron chi connectivity index (χ2n) is 9.33. The number of hydrogen-bond acceptors (Lipinski definition) is 8. The van der Waals surface area contributed by atoms with E-state index in [1.165, 1.54) is 12.5 Å². The predicted molar refractivity (Wildman–Crippen MR) is 134 cm³/mol. The molecule has 4 amide bonds. The lowest BCUT2D eigenvalue weighted by atomic mass is 10.0. The highest BCUT2D eigenvalue weighted by Crippen LogP contribution is 2.08. The maximum atomic E-state index is 13.1. The Hall–Kier alpha value is -3.52. The fourth-order valence-electron chi connectivity index (χ4n) is 3.56. The minimum atomic E-state index is -1.25. The van der Waals surface area contributed by atoms with Crippen molar-refractivity contribution < 1.29 is 29.1 Å². The van der Waals surface area contributed by atoms with Gasteiger partial charge in [0.25, 0.3) is 0 Å². The monoisotopic (exact) mass is 524 g/mol. The normalized spacial score (nSPS) is 14.3. The number of carbonyl (C=O) groups is 5. The molecule has 0 aliphatic rings. The van der Waals surface area contributed by atoms with Crippen molar-refractivity contribution in [1.29, 1.82) is 0 Å². The van der Waals surface area contributed by atoms with Crippen LogP contribution in [0.15, 0.2) is 12.5 Å². The van der Waals surface area contributed by atoms with Gasteiger partial charge < -0.3 is 43.2 Å². The number of nitrogens with one attached hydrogen (secondary N) is 4. The third-order valence-electron chi connectivity index (χ3n) is 5.55. The summed E-state index contributed by atoms with van der Waals surface area (Å²) >= 11 is 0. The number of amides is 4. The molecule has 0 fully saturated rings. The van der Waals surface area contributed by atoms with E-state index in [0.29, 0.717) is 25.1 Å². The van der Waals surface area contributed by atoms with Gasteiger partial charge in [-0.05, 0) is 44.6 Å². The van der Waals surface area contributed by atoms with E-state index >= 15 is 0 Å². The number of aromatic nitrogens is 2. The Bertz CT molecular complexity index is 892. The Morgan fingerprint density at radius 1 is 0.973 bits per heavy atom. The molecule has 0 aromatic carbocycles. The lowest BCUT2D eigenvalue weighted by molar-refractivity contribution is -0.143. The second-order valence-corrected chi connectivity index (χ2v) is 9.33. The highest BCUT2D eigenvalue weighted by molar-refractivity contribution is 5.94. The van der Waals surface area contributed by atoms with Gasteiger partial charge in [-0.15, -0.1) is 0 Å². The zero-order valence-corrected chi connectivity index (χ0v) is 21.4. The summed E-state index contributed by atoms with van der Waals surface area (Å²) < 4.78 is 0. The number of H-pyrrole nitrogens is 1. The number of nitrogens with zero attached hydrogens (tertiary/aromatic N) is 1. The molecule has 1 rings (SSSR count). The first kappa shape index (κ1) is 31.5. The van der Waals surface area contributed by atoms with Crippen LogP contribution in [0.25, 0.3) is 0 Å². The van der Waals surface area contributed by atoms with E-state index in [9.17, 15) is 29.1 Å². The third-order valence-corrected chi connectivity index (χ3v) is 5.55. The molecule has 0 radical (unpaired) electrons. The molecular weight excluding hydrogens is 484 g/mol. The number of hydrogen-bond donors (Lipinski definition) is 8. The molecule has 0 spiro atoms. The highest BCUT2D eigenvalue weighted by Gasteiger charge is 2.30. The number of unbranched alkanes of at least 4 members (excludes halogenated alkanes) is 1. The van der Waals surface area contributed by atoms with E-state index in [1.54, 1.807) is 13.8 Å². The SMILES string of the molecule is CC(C)CC(NC(=O)C(CCC(N)=O)NC(=O)C(CCCCN)NC(=O)C(N)Cc1cnc[nH]1)C(=O)O. The topological polar surface area (TPSA) is 248 Å². The van der Waals surface area contributed by atoms with Crippen LogP contribution in [-0.4, -0.2) is 75.4 Å². The van der Waals surface area contributed by atoms with Crippen molar-refractivity contribution in [2.45, 2.75) is 83.0 Å². The van der Waals surface area contributed by atoms with Crippen molar-refractivity contribution in [3.63, 3.8) is 0 Å². The molecule has 0 saturated heterocycles. The summed E-state index contributed by atoms with van der Waals surface area (Å²) in [7, 11) is 0. The van der Waals surface area contributed by atoms with E-state index in [0.717, 1.165) is 0 Å². The van der Waals surface area contributed by atoms with E-state index in [2.05, 4.69) is 25.9 Å². The summed E-state index contributed by atoms with van der Waals surface area (Å²) in [5, 5.41) is 17.0. The van der Waals surface area contributed by atoms with Gasteiger partial charge in [-0.2, -0.15) is 0 Å². The summed E-state index contributed by atoms with van der Waals surface area (Å²) in [6, 6.07) is -4.43. The van der Waals surface area contributed by atoms with Gasteiger partial charge in [-0.3, -0.25) is 19.2 Å². The van der Waals surface area contributed by atoms with Gasteiger partial charge in [-0.1, -0.05) is 13.8 Å². The van der Waals surface area contributed by atoms with Gasteiger partial charge in [0.2, 0.25) is 23.6 Å². The molecule has 4 unspecified atom stereocenters. The Labute approximate surface area is 215 Å². The quantitative estimate of drug-likeness (QED) is 0.101. The minimum Gasteiger partial charge on any atom is -0.480 e. The molecule has 0 aliphatic carbocycles. The van der Waals surface area contributed by atoms with Gasteiger partial charge in [0, 0.05) is 24.7 Å². The molecule has 1 aromatic heterocycles. The lowest BCUT2D eigenvalue weighted by Gasteiger charge is -2.25. The first-order chi connectivity index (χ1) is 17.4. The van der Waals surface area contributed by atoms with Crippen molar-refractivity contribution in [3.05, 3.63) is 18.2 Å². The molecule has 14 heteroatoms. The number of nitrogens with two attached hydrogens (primary N) is 3. The van der Waals surface area contributed by atoms with Crippen LogP contribution in [-0.2, 0) is 30.4 Å². The molecular formula is C23H40N8O6. The molecule has 4 atom stereocenters. The van der Waals surface area contributed by atoms with Gasteiger partial charge >= 0.3 is 5.97 Å². The molecule has 0 bridgehead atoms. The number of imidazole rings is 1. The first-order valence-corrected chi connectivity index (χ1v) is 12.3. The van der Waals surface area contributed by atoms with Crippen LogP contribution in [0.3, 0.4) is 0 Å². The van der Waals surface area contributed by atoms with Gasteiger partial charge in [-0.25, -0.2) is 9.78 Å². The van der Waals surface area contributed by atoms with Gasteiger partial charge in [0.05, 0.1) is 12.4 Å². The number of primary amides is 1. The van der Waals surface area contributed by atoms with Crippen LogP contribution in [0, 0.1) is 5.92 Å². The highest BCUT2D eigenvalue weighted by atomic mass is 16.4. The third kappa shape index (κ3) is 12.3. The van der Waals surface area contributed by atoms with Gasteiger partial charge in [0.15, 0.2) is 0 Å². The number of rotatable bonds is 18. The smallest absolute Gasteiger partial charge is 0.326 e. The van der Waals surface area contributed by atoms with Crippen molar-refractivity contribution in [1.82, 2.24) is 25.9 Å². The maximum absolute atomic E-state index is 13.1. The Balaban J connectivity index is 2.98. The van der Waals surface area contributed by atoms with Crippen LogP contribution in [0.4, 0.5) is 0 Å². The largest absolute Gasteiger partial charge is 0.480 e. The van der Waals surface area contributed by atoms with Crippen molar-refractivity contribution in [2.24, 2.45) is 23.1 Å². The average molecular weight is 525 g/mol. The van der Waals surface area contributed by atoms with Crippen molar-refractivity contribution in [3.8, 4) is 0 Å². The summed E-state index contributed by atoms with van der Waals surface area (Å²) in [4.78, 5) is 68.4. The summed E-state index contributed by atoms with van der Waals surface area (Å²) in [5.41, 5.74) is 17.4. The van der Waals surface area contributed by atoms with Crippen LogP contribution in [0.2, 0.25) is 0 Å². The molecule has 1 heterocycles. The van der Waals surface area contributed by atoms with Crippen molar-refractivity contribution in [2.75, 3.05) is 6.54 Å². The fraction of sp³-hybridized carbons (Fsp3) is 0.652. The second kappa shape index (κ2) is 16.3. The standard InChI is InChI=1S/C23H40N8O6/c1-13(2)9-18(23(36)37)31-22(35)17(6-7-19(26)32)30-21(34)16(5-3-4-8-24)29-20(33)15(25)10-14-11-27-12-28-14/h11-13,15-18H,3-10,24-25H2,1-2H3,(H2,26,32)(H,27,28)(H,29,33)(H,30,34)(H,31,35)(H,36,37). The molecule has 37 heavy (non-hydrogen) atoms. The Morgan fingerprint density at radius 3 is 2.08 bits per heavy atom. The summed E-state index contributed by atoms with van der Waals surface area (Å²) in [6.07, 6.45) is 4.28. The predicted octanol–water partition coefficient (Wildman–Crippen LogP) is -1.74. The molecule has 11 N–H and O–H groups in total. The zero-order valence-electron chi connectivity index (χ0n) is 21.4. The number of carboxylic acid groups (broad SMARTS) is 1. The van der Waals surface area contributed by atoms with Crippen LogP contribution < -0.4 is 33.2 Å². The van der Waals surface area contributed by atoms with Gasteiger partial charge in [0.1, 0.15) is 18.1 Å². The van der Waals surface area contributed by atoms with Crippen LogP contribution in [0.1, 0.15) is 58.1 Å². The van der Waals surface area contributed by atoms with E-state index in [-0.39, 0.29) is 38.0 Å². The number of carboxylic acids is 1. The molecule has 1 aromatic rings. The first-order valence-electron chi connectivity index (χ1n) is 12.3. The number of carbonyl (C=O) groups excluding carboxylic acids is 4. The zero-order chi connectivity index (χ0) is 28.0. The Kier molecular flexibility index (Phi) is 13.9. The van der Waals surface area contributed by atoms with Crippen LogP contribution in [0.5, 0.6) is 0 Å². The van der Waals surface area contributed by atoms with E-state index in [4.69, 9.17) is 17.2 Å². The molecule has 208 valence electrons. The Morgan fingerprint density at radius 2 is 1.57 bits per heavy atom. The maximum Gasteiger partial charge on any atom is 0.326 e. The fourth-order valence-corrected chi connectivity index (χ4v) is 3.56. The van der Waals surface area contributed by atoms with E-state index < -0.39 is 53.8 Å². The lowest BCUT2D eigenvalue weighted by Crippen LogP contribution is -2.57. The summed E-state index contributed by atoms with van der Waals surface area (Å²) in [5.74, 6) is -3.97. The molecule has 14 nitrogen and oxygen atoms in total. The number of aliphatic carboxylic acids is 1. The minimum absolute atomic E-state index is 0.0202. The number of aromatic amines is 1. The average Bonchev–Trinajstić information content (AvgIpc) is 3.32. The molecule has 0 aliphatic heterocycles. The van der Waals surface area contributed by atoms with Crippen LogP contribution >= 0.6 is 0 Å².